The Morgan fingerprint density at radius 3 is 2.75 bits per heavy atom. The molecule has 0 saturated carbocycles. The average molecular weight is 441 g/mol. The Kier molecular flexibility index (Phi) is 7.85. The van der Waals surface area contributed by atoms with Crippen LogP contribution in [0.1, 0.15) is 11.1 Å². The molecule has 2 aromatic heterocycles. The fourth-order valence-corrected chi connectivity index (χ4v) is 3.56. The van der Waals surface area contributed by atoms with Gasteiger partial charge in [0.25, 0.3) is 0 Å². The van der Waals surface area contributed by atoms with Crippen LogP contribution in [-0.4, -0.2) is 98.0 Å². The van der Waals surface area contributed by atoms with Gasteiger partial charge in [0.05, 0.1) is 38.8 Å². The summed E-state index contributed by atoms with van der Waals surface area (Å²) in [5.41, 5.74) is 9.99. The Balaban J connectivity index is 1.88. The monoisotopic (exact) mass is 440 g/mol. The Bertz CT molecular complexity index is 1000. The fraction of sp³-hybridized carbons (Fsp3) is 0.409. The highest BCUT2D eigenvalue weighted by Gasteiger charge is 2.16. The number of rotatable bonds is 10. The summed E-state index contributed by atoms with van der Waals surface area (Å²) in [7, 11) is 5.43. The SMILES string of the molecule is C=NN(/C=C(\N)c1cnn2cc(/C(C=N)=C/N(C)C)cc(OC)c12)CCN1CCOCC1. The van der Waals surface area contributed by atoms with Gasteiger partial charge in [-0.2, -0.15) is 10.2 Å². The number of ether oxygens (including phenoxy) is 2. The lowest BCUT2D eigenvalue weighted by Crippen LogP contribution is -2.39. The van der Waals surface area contributed by atoms with Crippen molar-refractivity contribution in [1.82, 2.24) is 24.4 Å². The molecule has 172 valence electrons. The zero-order valence-electron chi connectivity index (χ0n) is 19.0. The molecule has 1 fully saturated rings. The molecule has 0 atom stereocenters. The molecule has 1 aliphatic heterocycles. The maximum atomic E-state index is 7.76. The number of aromatic nitrogens is 2. The van der Waals surface area contributed by atoms with Gasteiger partial charge in [-0.05, 0) is 6.07 Å². The minimum absolute atomic E-state index is 0.511. The Morgan fingerprint density at radius 2 is 2.12 bits per heavy atom. The lowest BCUT2D eigenvalue weighted by molar-refractivity contribution is 0.0354. The number of nitrogens with two attached hydrogens (primary N) is 1. The van der Waals surface area contributed by atoms with E-state index in [9.17, 15) is 0 Å². The van der Waals surface area contributed by atoms with E-state index in [0.29, 0.717) is 18.0 Å². The van der Waals surface area contributed by atoms with Gasteiger partial charge in [-0.1, -0.05) is 0 Å². The number of hydrogen-bond acceptors (Lipinski definition) is 9. The molecular weight excluding hydrogens is 408 g/mol. The molecule has 0 amide bonds. The van der Waals surface area contributed by atoms with Gasteiger partial charge in [0.15, 0.2) is 0 Å². The smallest absolute Gasteiger partial charge is 0.145 e. The third-order valence-electron chi connectivity index (χ3n) is 5.21. The average Bonchev–Trinajstić information content (AvgIpc) is 3.24. The number of pyridine rings is 1. The summed E-state index contributed by atoms with van der Waals surface area (Å²) in [6, 6.07) is 1.89. The number of hydrazone groups is 1. The van der Waals surface area contributed by atoms with E-state index in [-0.39, 0.29) is 0 Å². The Hall–Kier alpha value is -3.37. The van der Waals surface area contributed by atoms with Crippen molar-refractivity contribution in [3.63, 3.8) is 0 Å². The van der Waals surface area contributed by atoms with Crippen LogP contribution < -0.4 is 10.5 Å². The molecule has 1 aliphatic rings. The zero-order chi connectivity index (χ0) is 23.1. The molecule has 32 heavy (non-hydrogen) atoms. The molecular formula is C22H32N8O2. The van der Waals surface area contributed by atoms with Crippen molar-refractivity contribution >= 4 is 29.7 Å². The number of nitrogens with zero attached hydrogens (tertiary/aromatic N) is 6. The van der Waals surface area contributed by atoms with E-state index < -0.39 is 0 Å². The summed E-state index contributed by atoms with van der Waals surface area (Å²) < 4.78 is 12.8. The van der Waals surface area contributed by atoms with Crippen molar-refractivity contribution in [1.29, 1.82) is 5.41 Å². The van der Waals surface area contributed by atoms with Crippen LogP contribution in [0.2, 0.25) is 0 Å². The quantitative estimate of drug-likeness (QED) is 0.425. The van der Waals surface area contributed by atoms with E-state index in [4.69, 9.17) is 20.6 Å². The summed E-state index contributed by atoms with van der Waals surface area (Å²) in [5.74, 6) is 0.615. The van der Waals surface area contributed by atoms with Crippen molar-refractivity contribution in [2.45, 2.75) is 0 Å². The molecule has 1 saturated heterocycles. The van der Waals surface area contributed by atoms with Crippen LogP contribution in [0.3, 0.4) is 0 Å². The first-order valence-electron chi connectivity index (χ1n) is 10.4. The molecule has 0 unspecified atom stereocenters. The molecule has 3 rings (SSSR count). The molecule has 3 N–H and O–H groups in total. The van der Waals surface area contributed by atoms with Gasteiger partial charge in [0, 0.05) is 82.0 Å². The van der Waals surface area contributed by atoms with Gasteiger partial charge in [-0.25, -0.2) is 4.52 Å². The van der Waals surface area contributed by atoms with Crippen LogP contribution in [0.5, 0.6) is 5.75 Å². The number of allylic oxidation sites excluding steroid dienone is 1. The summed E-state index contributed by atoms with van der Waals surface area (Å²) in [4.78, 5) is 4.22. The van der Waals surface area contributed by atoms with Crippen molar-refractivity contribution in [3.05, 3.63) is 42.0 Å². The second-order valence-corrected chi connectivity index (χ2v) is 7.68. The van der Waals surface area contributed by atoms with E-state index in [1.54, 1.807) is 29.0 Å². The fourth-order valence-electron chi connectivity index (χ4n) is 3.56. The van der Waals surface area contributed by atoms with Gasteiger partial charge >= 0.3 is 0 Å². The van der Waals surface area contributed by atoms with Crippen LogP contribution in [0, 0.1) is 5.41 Å². The van der Waals surface area contributed by atoms with Crippen LogP contribution in [0.25, 0.3) is 16.8 Å². The molecule has 2 aromatic rings. The number of nitrogens with one attached hydrogen (secondary N) is 1. The van der Waals surface area contributed by atoms with Crippen molar-refractivity contribution in [2.75, 3.05) is 60.6 Å². The van der Waals surface area contributed by atoms with Gasteiger partial charge < -0.3 is 25.5 Å². The molecule has 10 heteroatoms. The van der Waals surface area contributed by atoms with Crippen LogP contribution in [0.15, 0.2) is 36.0 Å². The third-order valence-corrected chi connectivity index (χ3v) is 5.21. The van der Waals surface area contributed by atoms with Crippen LogP contribution in [0.4, 0.5) is 0 Å². The van der Waals surface area contributed by atoms with E-state index in [1.165, 1.54) is 6.21 Å². The number of fused-ring (bicyclic) bond motifs is 1. The normalized spacial score (nSPS) is 15.6. The van der Waals surface area contributed by atoms with Gasteiger partial charge in [-0.3, -0.25) is 9.91 Å². The van der Waals surface area contributed by atoms with Gasteiger partial charge in [0.1, 0.15) is 11.3 Å². The molecule has 0 aromatic carbocycles. The molecule has 0 radical (unpaired) electrons. The van der Waals surface area contributed by atoms with E-state index >= 15 is 0 Å². The zero-order valence-corrected chi connectivity index (χ0v) is 19.0. The van der Waals surface area contributed by atoms with Crippen molar-refractivity contribution in [3.8, 4) is 5.75 Å². The predicted molar refractivity (Wildman–Crippen MR) is 128 cm³/mol. The lowest BCUT2D eigenvalue weighted by atomic mass is 10.1. The van der Waals surface area contributed by atoms with E-state index in [1.807, 2.05) is 37.5 Å². The topological polar surface area (TPSA) is 108 Å². The second kappa shape index (κ2) is 10.8. The summed E-state index contributed by atoms with van der Waals surface area (Å²) in [6.45, 7) is 8.53. The predicted octanol–water partition coefficient (Wildman–Crippen LogP) is 1.40. The number of hydrogen-bond donors (Lipinski definition) is 2. The number of morpholine rings is 1. The highest BCUT2D eigenvalue weighted by atomic mass is 16.5. The molecule has 3 heterocycles. The molecule has 10 nitrogen and oxygen atoms in total. The first kappa shape index (κ1) is 23.3. The van der Waals surface area contributed by atoms with Gasteiger partial charge in [0.2, 0.25) is 0 Å². The Morgan fingerprint density at radius 1 is 1.38 bits per heavy atom. The van der Waals surface area contributed by atoms with Crippen LogP contribution in [-0.2, 0) is 4.74 Å². The number of methoxy groups -OCH3 is 1. The van der Waals surface area contributed by atoms with Crippen molar-refractivity contribution in [2.24, 2.45) is 10.8 Å². The second-order valence-electron chi connectivity index (χ2n) is 7.68. The first-order valence-corrected chi connectivity index (χ1v) is 10.4. The summed E-state index contributed by atoms with van der Waals surface area (Å²) in [5, 5.41) is 18.1. The molecule has 0 spiro atoms. The molecule has 0 aliphatic carbocycles. The minimum Gasteiger partial charge on any atom is -0.494 e. The largest absolute Gasteiger partial charge is 0.494 e. The standard InChI is InChI=1S/C22H32N8O2/c1-25-29(6-5-28-7-9-32-10-8-28)16-20(24)19-13-26-30-15-17(11-21(31-4)22(19)30)18(12-23)14-27(2)3/h11-16,23H,1,5-10,24H2,2-4H3/b18-14+,20-16-,23-12?. The summed E-state index contributed by atoms with van der Waals surface area (Å²) >= 11 is 0. The van der Waals surface area contributed by atoms with Crippen LogP contribution >= 0.6 is 0 Å². The minimum atomic E-state index is 0.511. The third kappa shape index (κ3) is 5.45. The highest BCUT2D eigenvalue weighted by molar-refractivity contribution is 6.08. The molecule has 0 bridgehead atoms. The first-order chi connectivity index (χ1) is 15.5. The van der Waals surface area contributed by atoms with E-state index in [0.717, 1.165) is 55.1 Å². The Labute approximate surface area is 188 Å². The summed E-state index contributed by atoms with van der Waals surface area (Å²) in [6.07, 6.45) is 8.51. The van der Waals surface area contributed by atoms with Crippen molar-refractivity contribution < 1.29 is 9.47 Å². The van der Waals surface area contributed by atoms with E-state index in [2.05, 4.69) is 21.8 Å². The van der Waals surface area contributed by atoms with Gasteiger partial charge in [-0.15, -0.1) is 0 Å². The highest BCUT2D eigenvalue weighted by Crippen LogP contribution is 2.30. The lowest BCUT2D eigenvalue weighted by Gasteiger charge is -2.28. The maximum absolute atomic E-state index is 7.76. The maximum Gasteiger partial charge on any atom is 0.145 e.